The summed E-state index contributed by atoms with van der Waals surface area (Å²) >= 11 is 7.27. The number of fused-ring (bicyclic) bond motifs is 1. The molecule has 0 N–H and O–H groups in total. The molecule has 1 aromatic carbocycles. The average molecular weight is 232 g/mol. The lowest BCUT2D eigenvalue weighted by Gasteiger charge is -2.02. The zero-order valence-electron chi connectivity index (χ0n) is 7.60. The highest BCUT2D eigenvalue weighted by atomic mass is 35.5. The van der Waals surface area contributed by atoms with Crippen LogP contribution < -0.4 is 4.74 Å². The van der Waals surface area contributed by atoms with Gasteiger partial charge in [0.2, 0.25) is 0 Å². The van der Waals surface area contributed by atoms with E-state index in [-0.39, 0.29) is 10.8 Å². The predicted molar refractivity (Wildman–Crippen MR) is 55.9 cm³/mol. The Hall–Kier alpha value is -0.870. The summed E-state index contributed by atoms with van der Waals surface area (Å²) in [6.07, 6.45) is 0. The third-order valence-electron chi connectivity index (χ3n) is 1.86. The van der Waals surface area contributed by atoms with Gasteiger partial charge >= 0.3 is 0 Å². The average Bonchev–Trinajstić information content (AvgIpc) is 2.52. The Kier molecular flexibility index (Phi) is 2.33. The van der Waals surface area contributed by atoms with E-state index in [0.29, 0.717) is 5.52 Å². The van der Waals surface area contributed by atoms with E-state index in [9.17, 15) is 4.39 Å². The molecule has 0 bridgehead atoms. The van der Waals surface area contributed by atoms with E-state index in [1.165, 1.54) is 18.4 Å². The Bertz CT molecular complexity index is 497. The normalized spacial score (nSPS) is 10.9. The van der Waals surface area contributed by atoms with Crippen LogP contribution in [0.2, 0.25) is 5.02 Å². The quantitative estimate of drug-likeness (QED) is 0.751. The second-order valence-corrected chi connectivity index (χ2v) is 4.40. The van der Waals surface area contributed by atoms with Gasteiger partial charge in [-0.1, -0.05) is 11.6 Å². The summed E-state index contributed by atoms with van der Waals surface area (Å²) in [4.78, 5) is 4.14. The molecule has 2 aromatic rings. The summed E-state index contributed by atoms with van der Waals surface area (Å²) in [5, 5.41) is 0.887. The zero-order valence-corrected chi connectivity index (χ0v) is 9.17. The third kappa shape index (κ3) is 1.35. The topological polar surface area (TPSA) is 22.1 Å². The molecule has 14 heavy (non-hydrogen) atoms. The molecule has 1 aromatic heterocycles. The van der Waals surface area contributed by atoms with E-state index < -0.39 is 5.82 Å². The first-order chi connectivity index (χ1) is 6.63. The fraction of sp³-hybridized carbons (Fsp3) is 0.222. The van der Waals surface area contributed by atoms with Crippen LogP contribution in [0.3, 0.4) is 0 Å². The molecule has 0 saturated heterocycles. The van der Waals surface area contributed by atoms with Crippen molar-refractivity contribution in [3.05, 3.63) is 21.9 Å². The van der Waals surface area contributed by atoms with Crippen LogP contribution in [0.1, 0.15) is 5.01 Å². The van der Waals surface area contributed by atoms with Crippen molar-refractivity contribution < 1.29 is 9.13 Å². The highest BCUT2D eigenvalue weighted by Gasteiger charge is 2.15. The number of aryl methyl sites for hydroxylation is 1. The molecule has 1 heterocycles. The number of hydrogen-bond acceptors (Lipinski definition) is 3. The first kappa shape index (κ1) is 9.68. The van der Waals surface area contributed by atoms with E-state index in [1.807, 2.05) is 6.92 Å². The van der Waals surface area contributed by atoms with Gasteiger partial charge < -0.3 is 4.74 Å². The summed E-state index contributed by atoms with van der Waals surface area (Å²) in [7, 11) is 1.41. The maximum atomic E-state index is 13.4. The van der Waals surface area contributed by atoms with Crippen molar-refractivity contribution in [2.75, 3.05) is 7.11 Å². The van der Waals surface area contributed by atoms with E-state index in [0.717, 1.165) is 9.71 Å². The molecule has 0 saturated carbocycles. The molecule has 0 aliphatic rings. The fourth-order valence-corrected chi connectivity index (χ4v) is 2.40. The second-order valence-electron chi connectivity index (χ2n) is 2.79. The van der Waals surface area contributed by atoms with Crippen molar-refractivity contribution in [2.45, 2.75) is 6.92 Å². The summed E-state index contributed by atoms with van der Waals surface area (Å²) in [5.74, 6) is -0.391. The van der Waals surface area contributed by atoms with Crippen LogP contribution in [0.15, 0.2) is 6.07 Å². The summed E-state index contributed by atoms with van der Waals surface area (Å²) in [5.41, 5.74) is 0.507. The van der Waals surface area contributed by atoms with Crippen molar-refractivity contribution in [2.24, 2.45) is 0 Å². The summed E-state index contributed by atoms with van der Waals surface area (Å²) in [6.45, 7) is 1.85. The number of methoxy groups -OCH3 is 1. The minimum absolute atomic E-state index is 0.0312. The van der Waals surface area contributed by atoms with Crippen molar-refractivity contribution >= 4 is 33.2 Å². The standard InChI is InChI=1S/C9H7ClFNOS/c1-4-12-9-6(14-4)3-5(13-2)8(11)7(9)10/h3H,1-2H3. The SMILES string of the molecule is COc1cc2sc(C)nc2c(Cl)c1F. The molecule has 0 atom stereocenters. The van der Waals surface area contributed by atoms with E-state index >= 15 is 0 Å². The van der Waals surface area contributed by atoms with Crippen LogP contribution in [0.25, 0.3) is 10.2 Å². The van der Waals surface area contributed by atoms with Gasteiger partial charge in [0, 0.05) is 6.07 Å². The molecular weight excluding hydrogens is 225 g/mol. The Morgan fingerprint density at radius 1 is 1.57 bits per heavy atom. The number of hydrogen-bond donors (Lipinski definition) is 0. The van der Waals surface area contributed by atoms with Gasteiger partial charge in [-0.15, -0.1) is 11.3 Å². The van der Waals surface area contributed by atoms with Crippen molar-refractivity contribution in [3.8, 4) is 5.75 Å². The Balaban J connectivity index is 2.84. The number of nitrogens with zero attached hydrogens (tertiary/aromatic N) is 1. The Morgan fingerprint density at radius 2 is 2.29 bits per heavy atom. The number of rotatable bonds is 1. The van der Waals surface area contributed by atoms with Gasteiger partial charge in [0.25, 0.3) is 0 Å². The van der Waals surface area contributed by atoms with Crippen LogP contribution >= 0.6 is 22.9 Å². The van der Waals surface area contributed by atoms with Crippen LogP contribution in [-0.4, -0.2) is 12.1 Å². The van der Waals surface area contributed by atoms with E-state index in [4.69, 9.17) is 16.3 Å². The van der Waals surface area contributed by atoms with Crippen molar-refractivity contribution in [1.82, 2.24) is 4.98 Å². The molecule has 0 aliphatic heterocycles. The van der Waals surface area contributed by atoms with Crippen LogP contribution in [-0.2, 0) is 0 Å². The molecule has 0 radical (unpaired) electrons. The molecule has 2 nitrogen and oxygen atoms in total. The molecule has 2 rings (SSSR count). The lowest BCUT2D eigenvalue weighted by molar-refractivity contribution is 0.387. The molecule has 5 heteroatoms. The maximum absolute atomic E-state index is 13.4. The Labute approximate surface area is 89.3 Å². The summed E-state index contributed by atoms with van der Waals surface area (Å²) < 4.78 is 19.2. The number of halogens is 2. The van der Waals surface area contributed by atoms with Crippen LogP contribution in [0.4, 0.5) is 4.39 Å². The molecule has 74 valence electrons. The van der Waals surface area contributed by atoms with Crippen molar-refractivity contribution in [1.29, 1.82) is 0 Å². The monoisotopic (exact) mass is 231 g/mol. The number of ether oxygens (including phenoxy) is 1. The van der Waals surface area contributed by atoms with Crippen LogP contribution in [0, 0.1) is 12.7 Å². The van der Waals surface area contributed by atoms with Gasteiger partial charge in [-0.05, 0) is 6.92 Å². The maximum Gasteiger partial charge on any atom is 0.185 e. The van der Waals surface area contributed by atoms with Gasteiger partial charge in [-0.25, -0.2) is 9.37 Å². The minimum atomic E-state index is -0.549. The van der Waals surface area contributed by atoms with E-state index in [1.54, 1.807) is 6.07 Å². The second kappa shape index (κ2) is 3.37. The van der Waals surface area contributed by atoms with Gasteiger partial charge in [-0.2, -0.15) is 0 Å². The number of thiazole rings is 1. The Morgan fingerprint density at radius 3 is 2.93 bits per heavy atom. The number of benzene rings is 1. The van der Waals surface area contributed by atoms with Crippen LogP contribution in [0.5, 0.6) is 5.75 Å². The lowest BCUT2D eigenvalue weighted by atomic mass is 10.3. The highest BCUT2D eigenvalue weighted by Crippen LogP contribution is 2.35. The lowest BCUT2D eigenvalue weighted by Crippen LogP contribution is -1.89. The van der Waals surface area contributed by atoms with Gasteiger partial charge in [0.1, 0.15) is 10.5 Å². The fourth-order valence-electron chi connectivity index (χ4n) is 1.24. The molecular formula is C9H7ClFNOS. The summed E-state index contributed by atoms with van der Waals surface area (Å²) in [6, 6.07) is 1.61. The third-order valence-corrected chi connectivity index (χ3v) is 3.12. The minimum Gasteiger partial charge on any atom is -0.494 e. The predicted octanol–water partition coefficient (Wildman–Crippen LogP) is 3.41. The van der Waals surface area contributed by atoms with Crippen molar-refractivity contribution in [3.63, 3.8) is 0 Å². The zero-order chi connectivity index (χ0) is 10.3. The first-order valence-corrected chi connectivity index (χ1v) is 5.12. The molecule has 0 spiro atoms. The largest absolute Gasteiger partial charge is 0.494 e. The smallest absolute Gasteiger partial charge is 0.185 e. The number of aromatic nitrogens is 1. The van der Waals surface area contributed by atoms with Gasteiger partial charge in [-0.3, -0.25) is 0 Å². The molecule has 0 fully saturated rings. The molecule has 0 aliphatic carbocycles. The molecule has 0 unspecified atom stereocenters. The first-order valence-electron chi connectivity index (χ1n) is 3.92. The molecule has 0 amide bonds. The van der Waals surface area contributed by atoms with Gasteiger partial charge in [0.05, 0.1) is 16.8 Å². The highest BCUT2D eigenvalue weighted by molar-refractivity contribution is 7.18. The van der Waals surface area contributed by atoms with E-state index in [2.05, 4.69) is 4.98 Å². The van der Waals surface area contributed by atoms with Gasteiger partial charge in [0.15, 0.2) is 11.6 Å².